The summed E-state index contributed by atoms with van der Waals surface area (Å²) in [5, 5.41) is 3.38. The van der Waals surface area contributed by atoms with Gasteiger partial charge >= 0.3 is 0 Å². The predicted octanol–water partition coefficient (Wildman–Crippen LogP) is 1.64. The van der Waals surface area contributed by atoms with Gasteiger partial charge in [-0.1, -0.05) is 0 Å². The fourth-order valence-corrected chi connectivity index (χ4v) is 2.96. The fraction of sp³-hybridized carbons (Fsp3) is 0.615. The van der Waals surface area contributed by atoms with E-state index in [4.69, 9.17) is 4.42 Å². The zero-order valence-electron chi connectivity index (χ0n) is 10.9. The number of nitrogens with zero attached hydrogens (tertiary/aromatic N) is 1. The number of hydrogen-bond acceptors (Lipinski definition) is 4. The Morgan fingerprint density at radius 1 is 1.61 bits per heavy atom. The lowest BCUT2D eigenvalue weighted by Crippen LogP contribution is -2.41. The van der Waals surface area contributed by atoms with Crippen molar-refractivity contribution >= 4 is 17.7 Å². The molecular weight excluding hydrogens is 248 g/mol. The quantitative estimate of drug-likeness (QED) is 0.902. The molecule has 0 bridgehead atoms. The minimum Gasteiger partial charge on any atom is -0.464 e. The fourth-order valence-electron chi connectivity index (χ4n) is 2.01. The Labute approximate surface area is 112 Å². The lowest BCUT2D eigenvalue weighted by molar-refractivity contribution is -0.131. The number of aryl methyl sites for hydroxylation is 1. The molecule has 0 spiro atoms. The van der Waals surface area contributed by atoms with Crippen molar-refractivity contribution in [3.63, 3.8) is 0 Å². The van der Waals surface area contributed by atoms with Gasteiger partial charge in [-0.05, 0) is 19.1 Å². The smallest absolute Gasteiger partial charge is 0.224 e. The van der Waals surface area contributed by atoms with Crippen molar-refractivity contribution in [2.45, 2.75) is 25.9 Å². The van der Waals surface area contributed by atoms with Gasteiger partial charge in [0.25, 0.3) is 0 Å². The average molecular weight is 268 g/mol. The molecule has 1 fully saturated rings. The summed E-state index contributed by atoms with van der Waals surface area (Å²) in [4.78, 5) is 13.8. The topological polar surface area (TPSA) is 45.5 Å². The molecule has 4 nitrogen and oxygen atoms in total. The molecule has 0 aromatic carbocycles. The first kappa shape index (κ1) is 13.5. The summed E-state index contributed by atoms with van der Waals surface area (Å²) in [5.41, 5.74) is 0. The number of nitrogens with one attached hydrogen (secondary N) is 1. The standard InChI is InChI=1S/C13H20N2O2S/c1-10-3-4-12(17-10)8-15(2)13(16)7-11-9-18-6-5-14-11/h3-4,11,14H,5-9H2,1-2H3. The first-order valence-electron chi connectivity index (χ1n) is 6.25. The molecule has 1 amide bonds. The second-order valence-electron chi connectivity index (χ2n) is 4.69. The number of rotatable bonds is 4. The van der Waals surface area contributed by atoms with Gasteiger partial charge in [-0.2, -0.15) is 11.8 Å². The third kappa shape index (κ3) is 3.78. The molecule has 1 unspecified atom stereocenters. The van der Waals surface area contributed by atoms with Crippen molar-refractivity contribution in [2.24, 2.45) is 0 Å². The zero-order valence-corrected chi connectivity index (χ0v) is 11.8. The van der Waals surface area contributed by atoms with Gasteiger partial charge in [0.2, 0.25) is 5.91 Å². The first-order valence-corrected chi connectivity index (χ1v) is 7.41. The molecule has 1 saturated heterocycles. The molecule has 2 rings (SSSR count). The molecule has 1 N–H and O–H groups in total. The zero-order chi connectivity index (χ0) is 13.0. The Kier molecular flexibility index (Phi) is 4.72. The molecule has 1 atom stereocenters. The van der Waals surface area contributed by atoms with E-state index in [1.165, 1.54) is 0 Å². The molecule has 1 aliphatic rings. The summed E-state index contributed by atoms with van der Waals surface area (Å²) in [6.45, 7) is 3.46. The van der Waals surface area contributed by atoms with Crippen LogP contribution < -0.4 is 5.32 Å². The van der Waals surface area contributed by atoms with Crippen LogP contribution in [0.3, 0.4) is 0 Å². The highest BCUT2D eigenvalue weighted by Gasteiger charge is 2.19. The van der Waals surface area contributed by atoms with Gasteiger partial charge in [0, 0.05) is 37.6 Å². The van der Waals surface area contributed by atoms with Crippen molar-refractivity contribution in [1.29, 1.82) is 0 Å². The van der Waals surface area contributed by atoms with Crippen LogP contribution in [0.15, 0.2) is 16.5 Å². The van der Waals surface area contributed by atoms with Gasteiger partial charge in [0.15, 0.2) is 0 Å². The third-order valence-corrected chi connectivity index (χ3v) is 4.17. The van der Waals surface area contributed by atoms with E-state index in [1.807, 2.05) is 37.9 Å². The monoisotopic (exact) mass is 268 g/mol. The Bertz CT molecular complexity index is 399. The summed E-state index contributed by atoms with van der Waals surface area (Å²) in [6.07, 6.45) is 0.573. The largest absolute Gasteiger partial charge is 0.464 e. The highest BCUT2D eigenvalue weighted by molar-refractivity contribution is 7.99. The molecule has 1 aromatic rings. The summed E-state index contributed by atoms with van der Waals surface area (Å²) >= 11 is 1.91. The number of carbonyl (C=O) groups excluding carboxylic acids is 1. The Morgan fingerprint density at radius 3 is 3.06 bits per heavy atom. The van der Waals surface area contributed by atoms with Gasteiger partial charge in [0.05, 0.1) is 6.54 Å². The maximum atomic E-state index is 12.1. The minimum atomic E-state index is 0.170. The normalized spacial score (nSPS) is 19.8. The molecule has 1 aromatic heterocycles. The van der Waals surface area contributed by atoms with Crippen LogP contribution >= 0.6 is 11.8 Å². The first-order chi connectivity index (χ1) is 8.65. The summed E-state index contributed by atoms with van der Waals surface area (Å²) in [7, 11) is 1.83. The van der Waals surface area contributed by atoms with Gasteiger partial charge in [-0.25, -0.2) is 0 Å². The van der Waals surface area contributed by atoms with Crippen molar-refractivity contribution in [3.05, 3.63) is 23.7 Å². The minimum absolute atomic E-state index is 0.170. The van der Waals surface area contributed by atoms with Crippen LogP contribution in [0, 0.1) is 6.92 Å². The van der Waals surface area contributed by atoms with E-state index in [2.05, 4.69) is 5.32 Å². The van der Waals surface area contributed by atoms with Gasteiger partial charge in [0.1, 0.15) is 11.5 Å². The van der Waals surface area contributed by atoms with E-state index in [0.29, 0.717) is 19.0 Å². The molecule has 1 aliphatic heterocycles. The summed E-state index contributed by atoms with van der Waals surface area (Å²) in [6, 6.07) is 4.16. The molecule has 5 heteroatoms. The highest BCUT2D eigenvalue weighted by atomic mass is 32.2. The third-order valence-electron chi connectivity index (χ3n) is 3.03. The van der Waals surface area contributed by atoms with E-state index in [0.717, 1.165) is 29.6 Å². The van der Waals surface area contributed by atoms with Gasteiger partial charge < -0.3 is 14.6 Å². The lowest BCUT2D eigenvalue weighted by atomic mass is 10.2. The van der Waals surface area contributed by atoms with Crippen LogP contribution in [0.1, 0.15) is 17.9 Å². The molecule has 100 valence electrons. The number of hydrogen-bond donors (Lipinski definition) is 1. The molecule has 2 heterocycles. The Balaban J connectivity index is 1.80. The SMILES string of the molecule is Cc1ccc(CN(C)C(=O)CC2CSCCN2)o1. The van der Waals surface area contributed by atoms with Crippen LogP contribution in [-0.2, 0) is 11.3 Å². The van der Waals surface area contributed by atoms with Crippen molar-refractivity contribution in [1.82, 2.24) is 10.2 Å². The second-order valence-corrected chi connectivity index (χ2v) is 5.84. The van der Waals surface area contributed by atoms with E-state index < -0.39 is 0 Å². The van der Waals surface area contributed by atoms with E-state index in [-0.39, 0.29) is 5.91 Å². The van der Waals surface area contributed by atoms with Crippen LogP contribution in [0.2, 0.25) is 0 Å². The van der Waals surface area contributed by atoms with Crippen molar-refractivity contribution < 1.29 is 9.21 Å². The van der Waals surface area contributed by atoms with Crippen molar-refractivity contribution in [2.75, 3.05) is 25.1 Å². The highest BCUT2D eigenvalue weighted by Crippen LogP contribution is 2.13. The number of amides is 1. The van der Waals surface area contributed by atoms with Gasteiger partial charge in [-0.15, -0.1) is 0 Å². The molecule has 0 saturated carbocycles. The molecule has 18 heavy (non-hydrogen) atoms. The Morgan fingerprint density at radius 2 is 2.44 bits per heavy atom. The second kappa shape index (κ2) is 6.29. The maximum absolute atomic E-state index is 12.1. The van der Waals surface area contributed by atoms with E-state index in [9.17, 15) is 4.79 Å². The van der Waals surface area contributed by atoms with E-state index in [1.54, 1.807) is 4.90 Å². The number of thioether (sulfide) groups is 1. The van der Waals surface area contributed by atoms with Gasteiger partial charge in [-0.3, -0.25) is 4.79 Å². The van der Waals surface area contributed by atoms with Crippen LogP contribution in [0.4, 0.5) is 0 Å². The summed E-state index contributed by atoms with van der Waals surface area (Å²) in [5.74, 6) is 4.07. The van der Waals surface area contributed by atoms with E-state index >= 15 is 0 Å². The van der Waals surface area contributed by atoms with Crippen LogP contribution in [0.5, 0.6) is 0 Å². The van der Waals surface area contributed by atoms with Crippen LogP contribution in [-0.4, -0.2) is 41.9 Å². The number of carbonyl (C=O) groups is 1. The average Bonchev–Trinajstić information content (AvgIpc) is 2.76. The lowest BCUT2D eigenvalue weighted by Gasteiger charge is -2.25. The van der Waals surface area contributed by atoms with Crippen molar-refractivity contribution in [3.8, 4) is 0 Å². The molecular formula is C13H20N2O2S. The predicted molar refractivity (Wildman–Crippen MR) is 73.7 cm³/mol. The molecule has 0 aliphatic carbocycles. The Hall–Kier alpha value is -0.940. The van der Waals surface area contributed by atoms with Crippen LogP contribution in [0.25, 0.3) is 0 Å². The molecule has 0 radical (unpaired) electrons. The number of furan rings is 1. The maximum Gasteiger partial charge on any atom is 0.224 e. The summed E-state index contributed by atoms with van der Waals surface area (Å²) < 4.78 is 5.48.